The summed E-state index contributed by atoms with van der Waals surface area (Å²) in [5, 5.41) is 19.3. The second-order valence-corrected chi connectivity index (χ2v) is 5.62. The normalized spacial score (nSPS) is 14.7. The van der Waals surface area contributed by atoms with Crippen LogP contribution in [0, 0.1) is 12.3 Å². The lowest BCUT2D eigenvalue weighted by atomic mass is 9.97. The molecule has 1 saturated carbocycles. The summed E-state index contributed by atoms with van der Waals surface area (Å²) in [6, 6.07) is 7.24. The van der Waals surface area contributed by atoms with E-state index in [1.165, 1.54) is 19.3 Å². The molecule has 1 fully saturated rings. The van der Waals surface area contributed by atoms with Crippen LogP contribution in [0.1, 0.15) is 37.8 Å². The monoisotopic (exact) mass is 316 g/mol. The number of hydrogen-bond acceptors (Lipinski definition) is 5. The van der Waals surface area contributed by atoms with Gasteiger partial charge < -0.3 is 9.94 Å². The van der Waals surface area contributed by atoms with Crippen molar-refractivity contribution in [3.63, 3.8) is 0 Å². The Bertz CT molecular complexity index is 770. The van der Waals surface area contributed by atoms with E-state index in [2.05, 4.69) is 0 Å². The Labute approximate surface area is 133 Å². The SMILES string of the molecule is Cc1cc(=N)c2c(OC3CCCCC3)cccc2n1O.O=C=O. The lowest BCUT2D eigenvalue weighted by molar-refractivity contribution is -0.191. The molecule has 0 saturated heterocycles. The Morgan fingerprint density at radius 3 is 2.57 bits per heavy atom. The Balaban J connectivity index is 0.000000595. The van der Waals surface area contributed by atoms with Crippen LogP contribution in [-0.2, 0) is 9.59 Å². The molecule has 0 spiro atoms. The minimum atomic E-state index is 0.238. The van der Waals surface area contributed by atoms with Gasteiger partial charge in [0.25, 0.3) is 0 Å². The number of fused-ring (bicyclic) bond motifs is 1. The largest absolute Gasteiger partial charge is 0.490 e. The van der Waals surface area contributed by atoms with Gasteiger partial charge >= 0.3 is 6.15 Å². The van der Waals surface area contributed by atoms with E-state index in [1.54, 1.807) is 13.0 Å². The maximum Gasteiger partial charge on any atom is 0.373 e. The van der Waals surface area contributed by atoms with Gasteiger partial charge in [-0.05, 0) is 50.8 Å². The molecular weight excluding hydrogens is 296 g/mol. The maximum atomic E-state index is 10.1. The third kappa shape index (κ3) is 3.79. The van der Waals surface area contributed by atoms with Crippen LogP contribution in [0.3, 0.4) is 0 Å². The summed E-state index contributed by atoms with van der Waals surface area (Å²) in [7, 11) is 0. The van der Waals surface area contributed by atoms with E-state index < -0.39 is 0 Å². The van der Waals surface area contributed by atoms with Gasteiger partial charge in [-0.1, -0.05) is 12.5 Å². The van der Waals surface area contributed by atoms with Crippen molar-refractivity contribution in [1.29, 1.82) is 5.41 Å². The van der Waals surface area contributed by atoms with E-state index in [0.717, 1.165) is 17.6 Å². The average molecular weight is 316 g/mol. The van der Waals surface area contributed by atoms with Crippen molar-refractivity contribution in [2.24, 2.45) is 0 Å². The summed E-state index contributed by atoms with van der Waals surface area (Å²) in [4.78, 5) is 16.2. The number of carbonyl (C=O) groups excluding carboxylic acids is 2. The Kier molecular flexibility index (Phi) is 5.55. The molecule has 1 aliphatic rings. The van der Waals surface area contributed by atoms with Gasteiger partial charge in [0.1, 0.15) is 5.75 Å². The number of nitrogens with one attached hydrogen (secondary N) is 1. The minimum Gasteiger partial charge on any atom is -0.490 e. The van der Waals surface area contributed by atoms with Crippen molar-refractivity contribution in [2.75, 3.05) is 0 Å². The van der Waals surface area contributed by atoms with Gasteiger partial charge in [0.2, 0.25) is 0 Å². The van der Waals surface area contributed by atoms with Crippen LogP contribution in [0.5, 0.6) is 5.75 Å². The second kappa shape index (κ2) is 7.61. The molecule has 2 aromatic rings. The first-order chi connectivity index (χ1) is 11.1. The molecule has 0 radical (unpaired) electrons. The van der Waals surface area contributed by atoms with Crippen molar-refractivity contribution in [2.45, 2.75) is 45.1 Å². The third-order valence-electron chi connectivity index (χ3n) is 4.03. The summed E-state index contributed by atoms with van der Waals surface area (Å²) in [6.45, 7) is 1.78. The minimum absolute atomic E-state index is 0.238. The molecule has 1 aliphatic carbocycles. The van der Waals surface area contributed by atoms with Crippen molar-refractivity contribution in [3.8, 4) is 5.75 Å². The van der Waals surface area contributed by atoms with E-state index in [0.29, 0.717) is 27.7 Å². The van der Waals surface area contributed by atoms with Crippen LogP contribution in [-0.4, -0.2) is 22.2 Å². The zero-order valence-corrected chi connectivity index (χ0v) is 13.0. The molecule has 6 nitrogen and oxygen atoms in total. The molecule has 1 aromatic heterocycles. The lowest BCUT2D eigenvalue weighted by Crippen LogP contribution is -2.21. The highest BCUT2D eigenvalue weighted by molar-refractivity contribution is 5.85. The van der Waals surface area contributed by atoms with Crippen molar-refractivity contribution < 1.29 is 19.5 Å². The molecule has 0 aliphatic heterocycles. The number of pyridine rings is 1. The quantitative estimate of drug-likeness (QED) is 0.833. The molecule has 1 aromatic carbocycles. The summed E-state index contributed by atoms with van der Waals surface area (Å²) in [5.41, 5.74) is 1.28. The van der Waals surface area contributed by atoms with Crippen molar-refractivity contribution in [1.82, 2.24) is 4.73 Å². The van der Waals surface area contributed by atoms with Crippen molar-refractivity contribution >= 4 is 17.1 Å². The van der Waals surface area contributed by atoms with E-state index in [-0.39, 0.29) is 12.3 Å². The molecule has 2 N–H and O–H groups in total. The molecule has 0 bridgehead atoms. The highest BCUT2D eigenvalue weighted by atomic mass is 16.5. The van der Waals surface area contributed by atoms with E-state index in [1.807, 2.05) is 18.2 Å². The van der Waals surface area contributed by atoms with Crippen LogP contribution in [0.2, 0.25) is 0 Å². The van der Waals surface area contributed by atoms with Crippen molar-refractivity contribution in [3.05, 3.63) is 35.3 Å². The summed E-state index contributed by atoms with van der Waals surface area (Å²) >= 11 is 0. The highest BCUT2D eigenvalue weighted by Crippen LogP contribution is 2.28. The average Bonchev–Trinajstić information content (AvgIpc) is 2.54. The number of aryl methyl sites for hydroxylation is 1. The lowest BCUT2D eigenvalue weighted by Gasteiger charge is -2.24. The van der Waals surface area contributed by atoms with Gasteiger partial charge in [0, 0.05) is 0 Å². The Morgan fingerprint density at radius 2 is 1.91 bits per heavy atom. The number of ether oxygens (including phenoxy) is 1. The molecule has 3 rings (SSSR count). The fourth-order valence-corrected chi connectivity index (χ4v) is 2.96. The van der Waals surface area contributed by atoms with Gasteiger partial charge in [0.05, 0.1) is 28.1 Å². The molecule has 6 heteroatoms. The number of hydrogen-bond donors (Lipinski definition) is 2. The second-order valence-electron chi connectivity index (χ2n) is 5.62. The van der Waals surface area contributed by atoms with E-state index >= 15 is 0 Å². The summed E-state index contributed by atoms with van der Waals surface area (Å²) < 4.78 is 7.23. The van der Waals surface area contributed by atoms with Gasteiger partial charge in [-0.2, -0.15) is 14.3 Å². The van der Waals surface area contributed by atoms with Gasteiger partial charge in [-0.25, -0.2) is 0 Å². The standard InChI is InChI=1S/C16H20N2O2.CO2/c1-11-10-13(17)16-14(18(11)19)8-5-9-15(16)20-12-6-3-2-4-7-12;2-1-3/h5,8-10,12,17,19H,2-4,6-7H2,1H3;. The molecule has 23 heavy (non-hydrogen) atoms. The van der Waals surface area contributed by atoms with E-state index in [9.17, 15) is 5.21 Å². The summed E-state index contributed by atoms with van der Waals surface area (Å²) in [6.07, 6.45) is 6.35. The number of benzene rings is 1. The zero-order valence-electron chi connectivity index (χ0n) is 13.0. The van der Waals surface area contributed by atoms with Gasteiger partial charge in [-0.15, -0.1) is 0 Å². The molecule has 122 valence electrons. The summed E-state index contributed by atoms with van der Waals surface area (Å²) in [5.74, 6) is 0.710. The van der Waals surface area contributed by atoms with Crippen LogP contribution < -0.4 is 10.1 Å². The molecule has 1 heterocycles. The smallest absolute Gasteiger partial charge is 0.373 e. The van der Waals surface area contributed by atoms with Crippen LogP contribution in [0.4, 0.5) is 0 Å². The molecule has 0 unspecified atom stereocenters. The topological polar surface area (TPSA) is 92.4 Å². The predicted octanol–water partition coefficient (Wildman–Crippen LogP) is 2.79. The zero-order chi connectivity index (χ0) is 16.8. The van der Waals surface area contributed by atoms with E-state index in [4.69, 9.17) is 19.7 Å². The van der Waals surface area contributed by atoms with Gasteiger partial charge in [0.15, 0.2) is 0 Å². The fraction of sp³-hybridized carbons (Fsp3) is 0.412. The highest BCUT2D eigenvalue weighted by Gasteiger charge is 2.17. The number of nitrogens with zero attached hydrogens (tertiary/aromatic N) is 1. The van der Waals surface area contributed by atoms with Gasteiger partial charge in [-0.3, -0.25) is 5.41 Å². The molecule has 0 atom stereocenters. The van der Waals surface area contributed by atoms with Crippen LogP contribution in [0.15, 0.2) is 24.3 Å². The Hall–Kier alpha value is -2.59. The van der Waals surface area contributed by atoms with Crippen LogP contribution >= 0.6 is 0 Å². The first kappa shape index (κ1) is 16.8. The fourth-order valence-electron chi connectivity index (χ4n) is 2.96. The first-order valence-corrected chi connectivity index (χ1v) is 7.63. The first-order valence-electron chi connectivity index (χ1n) is 7.63. The predicted molar refractivity (Wildman–Crippen MR) is 82.2 cm³/mol. The number of aromatic nitrogens is 1. The number of rotatable bonds is 2. The Morgan fingerprint density at radius 1 is 1.26 bits per heavy atom. The van der Waals surface area contributed by atoms with Crippen LogP contribution in [0.25, 0.3) is 10.9 Å². The maximum absolute atomic E-state index is 10.1. The third-order valence-corrected chi connectivity index (χ3v) is 4.03. The molecule has 0 amide bonds. The molecular formula is C17H20N2O4.